The maximum Gasteiger partial charge on any atom is 0.0949 e. The van der Waals surface area contributed by atoms with Gasteiger partial charge in [-0.1, -0.05) is 13.8 Å². The Labute approximate surface area is 96.8 Å². The van der Waals surface area contributed by atoms with Crippen molar-refractivity contribution in [3.63, 3.8) is 0 Å². The molecule has 1 aromatic heterocycles. The van der Waals surface area contributed by atoms with Crippen molar-refractivity contribution in [1.29, 1.82) is 0 Å². The van der Waals surface area contributed by atoms with Crippen LogP contribution in [0.3, 0.4) is 0 Å². The average Bonchev–Trinajstić information content (AvgIpc) is 2.88. The minimum atomic E-state index is 0.0592. The van der Waals surface area contributed by atoms with E-state index in [9.17, 15) is 0 Å². The highest BCUT2D eigenvalue weighted by Gasteiger charge is 2.20. The molecule has 90 valence electrons. The highest BCUT2D eigenvalue weighted by atomic mass is 16.5. The predicted molar refractivity (Wildman–Crippen MR) is 63.0 cm³/mol. The largest absolute Gasteiger partial charge is 0.376 e. The molecule has 4 nitrogen and oxygen atoms in total. The Bertz CT molecular complexity index is 329. The van der Waals surface area contributed by atoms with Crippen LogP contribution in [0.1, 0.15) is 38.4 Å². The van der Waals surface area contributed by atoms with Crippen molar-refractivity contribution in [2.75, 3.05) is 6.61 Å². The quantitative estimate of drug-likeness (QED) is 0.845. The first-order valence-electron chi connectivity index (χ1n) is 6.05. The summed E-state index contributed by atoms with van der Waals surface area (Å²) >= 11 is 0. The van der Waals surface area contributed by atoms with Crippen molar-refractivity contribution < 1.29 is 4.74 Å². The molecule has 0 spiro atoms. The summed E-state index contributed by atoms with van der Waals surface area (Å²) in [6, 6.07) is 0.0592. The third-order valence-corrected chi connectivity index (χ3v) is 3.23. The summed E-state index contributed by atoms with van der Waals surface area (Å²) in [6.07, 6.45) is 6.39. The summed E-state index contributed by atoms with van der Waals surface area (Å²) in [5.41, 5.74) is 7.27. The maximum absolute atomic E-state index is 6.16. The first kappa shape index (κ1) is 11.6. The number of hydrogen-bond donors (Lipinski definition) is 1. The third-order valence-electron chi connectivity index (χ3n) is 3.23. The Morgan fingerprint density at radius 3 is 3.06 bits per heavy atom. The van der Waals surface area contributed by atoms with Gasteiger partial charge in [0.05, 0.1) is 24.7 Å². The Morgan fingerprint density at radius 1 is 1.62 bits per heavy atom. The third kappa shape index (κ3) is 2.44. The molecule has 1 fully saturated rings. The van der Waals surface area contributed by atoms with E-state index in [0.717, 1.165) is 25.3 Å². The van der Waals surface area contributed by atoms with Gasteiger partial charge in [-0.05, 0) is 18.8 Å². The van der Waals surface area contributed by atoms with E-state index < -0.39 is 0 Å². The van der Waals surface area contributed by atoms with Gasteiger partial charge in [-0.15, -0.1) is 0 Å². The van der Waals surface area contributed by atoms with Crippen LogP contribution in [0.25, 0.3) is 0 Å². The number of ether oxygens (including phenoxy) is 1. The van der Waals surface area contributed by atoms with Gasteiger partial charge in [-0.3, -0.25) is 0 Å². The second-order valence-corrected chi connectivity index (χ2v) is 4.88. The standard InChI is InChI=1S/C12H21N3O/c1-9(2)12(13)11-6-14-8-15(11)7-10-4-3-5-16-10/h6,8-10,12H,3-5,7,13H2,1-2H3. The van der Waals surface area contributed by atoms with Crippen LogP contribution in [-0.4, -0.2) is 22.3 Å². The van der Waals surface area contributed by atoms with Gasteiger partial charge >= 0.3 is 0 Å². The molecule has 0 saturated carbocycles. The fraction of sp³-hybridized carbons (Fsp3) is 0.750. The highest BCUT2D eigenvalue weighted by molar-refractivity contribution is 5.05. The van der Waals surface area contributed by atoms with Crippen LogP contribution in [0.2, 0.25) is 0 Å². The van der Waals surface area contributed by atoms with Gasteiger partial charge in [0.2, 0.25) is 0 Å². The molecule has 16 heavy (non-hydrogen) atoms. The molecule has 0 amide bonds. The second-order valence-electron chi connectivity index (χ2n) is 4.88. The van der Waals surface area contributed by atoms with E-state index in [1.807, 2.05) is 12.5 Å². The average molecular weight is 223 g/mol. The van der Waals surface area contributed by atoms with Gasteiger partial charge in [-0.2, -0.15) is 0 Å². The first-order chi connectivity index (χ1) is 7.68. The van der Waals surface area contributed by atoms with E-state index in [1.165, 1.54) is 6.42 Å². The molecule has 2 N–H and O–H groups in total. The Morgan fingerprint density at radius 2 is 2.44 bits per heavy atom. The molecule has 0 bridgehead atoms. The fourth-order valence-corrected chi connectivity index (χ4v) is 2.11. The molecular formula is C12H21N3O. The molecule has 0 aliphatic carbocycles. The molecule has 2 heterocycles. The fourth-order valence-electron chi connectivity index (χ4n) is 2.11. The molecule has 2 unspecified atom stereocenters. The van der Waals surface area contributed by atoms with Crippen molar-refractivity contribution in [3.05, 3.63) is 18.2 Å². The number of nitrogens with two attached hydrogens (primary N) is 1. The molecule has 2 rings (SSSR count). The zero-order valence-corrected chi connectivity index (χ0v) is 10.1. The van der Waals surface area contributed by atoms with Crippen LogP contribution in [0.4, 0.5) is 0 Å². The topological polar surface area (TPSA) is 53.1 Å². The van der Waals surface area contributed by atoms with E-state index in [-0.39, 0.29) is 6.04 Å². The number of hydrogen-bond acceptors (Lipinski definition) is 3. The Balaban J connectivity index is 2.06. The van der Waals surface area contributed by atoms with Crippen LogP contribution < -0.4 is 5.73 Å². The van der Waals surface area contributed by atoms with Crippen molar-refractivity contribution in [3.8, 4) is 0 Å². The lowest BCUT2D eigenvalue weighted by Crippen LogP contribution is -2.23. The summed E-state index contributed by atoms with van der Waals surface area (Å²) in [7, 11) is 0. The number of aromatic nitrogens is 2. The van der Waals surface area contributed by atoms with E-state index in [4.69, 9.17) is 10.5 Å². The lowest BCUT2D eigenvalue weighted by molar-refractivity contribution is 0.0959. The number of imidazole rings is 1. The summed E-state index contributed by atoms with van der Waals surface area (Å²) < 4.78 is 7.77. The van der Waals surface area contributed by atoms with Crippen molar-refractivity contribution in [2.24, 2.45) is 11.7 Å². The van der Waals surface area contributed by atoms with E-state index >= 15 is 0 Å². The van der Waals surface area contributed by atoms with E-state index in [0.29, 0.717) is 12.0 Å². The Kier molecular flexibility index (Phi) is 3.61. The second kappa shape index (κ2) is 4.97. The van der Waals surface area contributed by atoms with Crippen LogP contribution in [-0.2, 0) is 11.3 Å². The van der Waals surface area contributed by atoms with Crippen LogP contribution >= 0.6 is 0 Å². The maximum atomic E-state index is 6.16. The van der Waals surface area contributed by atoms with Gasteiger partial charge in [0.25, 0.3) is 0 Å². The summed E-state index contributed by atoms with van der Waals surface area (Å²) in [5, 5.41) is 0. The van der Waals surface area contributed by atoms with Crippen molar-refractivity contribution in [2.45, 2.75) is 45.4 Å². The van der Waals surface area contributed by atoms with Gasteiger partial charge in [0.1, 0.15) is 0 Å². The lowest BCUT2D eigenvalue weighted by Gasteiger charge is -2.19. The molecule has 2 atom stereocenters. The zero-order chi connectivity index (χ0) is 11.5. The van der Waals surface area contributed by atoms with Crippen LogP contribution in [0.5, 0.6) is 0 Å². The monoisotopic (exact) mass is 223 g/mol. The SMILES string of the molecule is CC(C)C(N)c1cncn1CC1CCCO1. The molecule has 1 aromatic rings. The molecular weight excluding hydrogens is 202 g/mol. The van der Waals surface area contributed by atoms with Crippen molar-refractivity contribution >= 4 is 0 Å². The lowest BCUT2D eigenvalue weighted by atomic mass is 10.0. The minimum absolute atomic E-state index is 0.0592. The highest BCUT2D eigenvalue weighted by Crippen LogP contribution is 2.21. The molecule has 0 aromatic carbocycles. The molecule has 1 saturated heterocycles. The van der Waals surface area contributed by atoms with Gasteiger partial charge in [0.15, 0.2) is 0 Å². The summed E-state index contributed by atoms with van der Waals surface area (Å²) in [6.45, 7) is 6.04. The number of rotatable bonds is 4. The summed E-state index contributed by atoms with van der Waals surface area (Å²) in [4.78, 5) is 4.20. The van der Waals surface area contributed by atoms with Gasteiger partial charge in [-0.25, -0.2) is 4.98 Å². The smallest absolute Gasteiger partial charge is 0.0949 e. The first-order valence-corrected chi connectivity index (χ1v) is 6.05. The number of nitrogens with zero attached hydrogens (tertiary/aromatic N) is 2. The Hall–Kier alpha value is -0.870. The molecule has 1 aliphatic heterocycles. The van der Waals surface area contributed by atoms with E-state index in [1.54, 1.807) is 0 Å². The van der Waals surface area contributed by atoms with E-state index in [2.05, 4.69) is 23.4 Å². The molecule has 1 aliphatic rings. The zero-order valence-electron chi connectivity index (χ0n) is 10.1. The van der Waals surface area contributed by atoms with Gasteiger partial charge in [0, 0.05) is 18.8 Å². The predicted octanol–water partition coefficient (Wildman–Crippen LogP) is 1.72. The normalized spacial score (nSPS) is 22.9. The van der Waals surface area contributed by atoms with Crippen LogP contribution in [0, 0.1) is 5.92 Å². The molecule has 0 radical (unpaired) electrons. The summed E-state index contributed by atoms with van der Waals surface area (Å²) in [5.74, 6) is 0.431. The van der Waals surface area contributed by atoms with Crippen molar-refractivity contribution in [1.82, 2.24) is 9.55 Å². The van der Waals surface area contributed by atoms with Crippen LogP contribution in [0.15, 0.2) is 12.5 Å². The van der Waals surface area contributed by atoms with Gasteiger partial charge < -0.3 is 15.0 Å². The minimum Gasteiger partial charge on any atom is -0.376 e. The molecule has 4 heteroatoms.